The highest BCUT2D eigenvalue weighted by molar-refractivity contribution is 5.81. The van der Waals surface area contributed by atoms with Crippen molar-refractivity contribution in [3.8, 4) is 0 Å². The lowest BCUT2D eigenvalue weighted by Crippen LogP contribution is -2.41. The lowest BCUT2D eigenvalue weighted by Gasteiger charge is -2.15. The number of ketones is 1. The highest BCUT2D eigenvalue weighted by Gasteiger charge is 2.18. The lowest BCUT2D eigenvalue weighted by atomic mass is 10.1. The van der Waals surface area contributed by atoms with Crippen LogP contribution < -0.4 is 5.73 Å². The van der Waals surface area contributed by atoms with Gasteiger partial charge in [-0.2, -0.15) is 0 Å². The van der Waals surface area contributed by atoms with Gasteiger partial charge in [-0.3, -0.25) is 4.79 Å². The van der Waals surface area contributed by atoms with Gasteiger partial charge in [-0.15, -0.1) is 0 Å². The minimum Gasteiger partial charge on any atom is -0.391 e. The van der Waals surface area contributed by atoms with Crippen molar-refractivity contribution in [2.45, 2.75) is 32.1 Å². The van der Waals surface area contributed by atoms with Crippen LogP contribution in [0.5, 0.6) is 0 Å². The molecule has 4 nitrogen and oxygen atoms in total. The lowest BCUT2D eigenvalue weighted by molar-refractivity contribution is -0.120. The number of nitrogens with two attached hydrogens (primary N) is 1. The molecule has 0 fully saturated rings. The summed E-state index contributed by atoms with van der Waals surface area (Å²) < 4.78 is 5.39. The SMILES string of the molecule is CC(=O)[C@@H](N)[C@H](O)CCOCc1ccccc1. The molecule has 0 heterocycles. The van der Waals surface area contributed by atoms with E-state index in [9.17, 15) is 9.90 Å². The average molecular weight is 237 g/mol. The summed E-state index contributed by atoms with van der Waals surface area (Å²) in [4.78, 5) is 10.9. The Kier molecular flexibility index (Phi) is 5.83. The van der Waals surface area contributed by atoms with Crippen LogP contribution in [0.25, 0.3) is 0 Å². The average Bonchev–Trinajstić information content (AvgIpc) is 2.34. The normalized spacial score (nSPS) is 14.3. The highest BCUT2D eigenvalue weighted by Crippen LogP contribution is 2.03. The molecule has 0 spiro atoms. The first kappa shape index (κ1) is 13.8. The predicted molar refractivity (Wildman–Crippen MR) is 65.4 cm³/mol. The van der Waals surface area contributed by atoms with Gasteiger partial charge in [0.1, 0.15) is 5.78 Å². The van der Waals surface area contributed by atoms with Crippen molar-refractivity contribution in [2.24, 2.45) is 5.73 Å². The van der Waals surface area contributed by atoms with Gasteiger partial charge < -0.3 is 15.6 Å². The van der Waals surface area contributed by atoms with Crippen molar-refractivity contribution >= 4 is 5.78 Å². The van der Waals surface area contributed by atoms with Gasteiger partial charge in [-0.1, -0.05) is 30.3 Å². The van der Waals surface area contributed by atoms with Crippen molar-refractivity contribution in [1.82, 2.24) is 0 Å². The van der Waals surface area contributed by atoms with E-state index in [2.05, 4.69) is 0 Å². The molecule has 1 aromatic rings. The second-order valence-corrected chi connectivity index (χ2v) is 4.03. The number of aliphatic hydroxyl groups excluding tert-OH is 1. The van der Waals surface area contributed by atoms with Crippen LogP contribution in [-0.4, -0.2) is 29.6 Å². The largest absolute Gasteiger partial charge is 0.391 e. The number of carbonyl (C=O) groups excluding carboxylic acids is 1. The van der Waals surface area contributed by atoms with Gasteiger partial charge in [0.2, 0.25) is 0 Å². The molecule has 0 radical (unpaired) electrons. The van der Waals surface area contributed by atoms with E-state index >= 15 is 0 Å². The van der Waals surface area contributed by atoms with E-state index in [0.29, 0.717) is 19.6 Å². The standard InChI is InChI=1S/C13H19NO3/c1-10(15)13(14)12(16)7-8-17-9-11-5-3-2-4-6-11/h2-6,12-13,16H,7-9,14H2,1H3/t12-,13-/m1/s1. The molecule has 4 heteroatoms. The summed E-state index contributed by atoms with van der Waals surface area (Å²) in [5, 5.41) is 9.56. The number of ether oxygens (including phenoxy) is 1. The Morgan fingerprint density at radius 3 is 2.65 bits per heavy atom. The van der Waals surface area contributed by atoms with Gasteiger partial charge in [0.15, 0.2) is 0 Å². The second kappa shape index (κ2) is 7.17. The maximum Gasteiger partial charge on any atom is 0.149 e. The van der Waals surface area contributed by atoms with Crippen LogP contribution >= 0.6 is 0 Å². The molecular formula is C13H19NO3. The van der Waals surface area contributed by atoms with Gasteiger partial charge in [0, 0.05) is 6.61 Å². The topological polar surface area (TPSA) is 72.6 Å². The first-order chi connectivity index (χ1) is 8.11. The molecule has 17 heavy (non-hydrogen) atoms. The highest BCUT2D eigenvalue weighted by atomic mass is 16.5. The zero-order valence-corrected chi connectivity index (χ0v) is 10.0. The molecule has 94 valence electrons. The van der Waals surface area contributed by atoms with E-state index in [4.69, 9.17) is 10.5 Å². The number of hydrogen-bond acceptors (Lipinski definition) is 4. The summed E-state index contributed by atoms with van der Waals surface area (Å²) in [7, 11) is 0. The van der Waals surface area contributed by atoms with E-state index in [1.807, 2.05) is 30.3 Å². The third-order valence-corrected chi connectivity index (χ3v) is 2.55. The molecule has 0 bridgehead atoms. The quantitative estimate of drug-likeness (QED) is 0.690. The molecule has 0 unspecified atom stereocenters. The Bertz CT molecular complexity index is 340. The summed E-state index contributed by atoms with van der Waals surface area (Å²) >= 11 is 0. The van der Waals surface area contributed by atoms with Gasteiger partial charge in [0.25, 0.3) is 0 Å². The maximum absolute atomic E-state index is 10.9. The monoisotopic (exact) mass is 237 g/mol. The molecule has 0 aliphatic carbocycles. The van der Waals surface area contributed by atoms with Crippen molar-refractivity contribution in [1.29, 1.82) is 0 Å². The second-order valence-electron chi connectivity index (χ2n) is 4.03. The van der Waals surface area contributed by atoms with Crippen molar-refractivity contribution in [3.63, 3.8) is 0 Å². The molecular weight excluding hydrogens is 218 g/mol. The number of Topliss-reactive ketones (excluding diaryl/α,β-unsaturated/α-hetero) is 1. The van der Waals surface area contributed by atoms with Crippen LogP contribution in [0.2, 0.25) is 0 Å². The fraction of sp³-hybridized carbons (Fsp3) is 0.462. The summed E-state index contributed by atoms with van der Waals surface area (Å²) in [5.41, 5.74) is 6.58. The summed E-state index contributed by atoms with van der Waals surface area (Å²) in [6.45, 7) is 2.26. The van der Waals surface area contributed by atoms with E-state index < -0.39 is 12.1 Å². The molecule has 0 aliphatic rings. The van der Waals surface area contributed by atoms with Crippen LogP contribution in [0.3, 0.4) is 0 Å². The zero-order valence-electron chi connectivity index (χ0n) is 10.0. The minimum atomic E-state index is -0.830. The van der Waals surface area contributed by atoms with Gasteiger partial charge in [0.05, 0.1) is 18.8 Å². The molecule has 3 N–H and O–H groups in total. The Hall–Kier alpha value is -1.23. The van der Waals surface area contributed by atoms with Crippen molar-refractivity contribution < 1.29 is 14.6 Å². The predicted octanol–water partition coefficient (Wildman–Crippen LogP) is 0.870. The number of aliphatic hydroxyl groups is 1. The van der Waals surface area contributed by atoms with Crippen LogP contribution in [0.1, 0.15) is 18.9 Å². The molecule has 0 amide bonds. The van der Waals surface area contributed by atoms with E-state index in [1.165, 1.54) is 6.92 Å². The fourth-order valence-corrected chi connectivity index (χ4v) is 1.42. The van der Waals surface area contributed by atoms with Crippen LogP contribution in [0.4, 0.5) is 0 Å². The molecule has 0 saturated carbocycles. The van der Waals surface area contributed by atoms with E-state index in [-0.39, 0.29) is 5.78 Å². The van der Waals surface area contributed by atoms with Crippen LogP contribution in [-0.2, 0) is 16.1 Å². The maximum atomic E-state index is 10.9. The molecule has 0 saturated heterocycles. The van der Waals surface area contributed by atoms with Gasteiger partial charge >= 0.3 is 0 Å². The molecule has 2 atom stereocenters. The minimum absolute atomic E-state index is 0.208. The Morgan fingerprint density at radius 2 is 2.06 bits per heavy atom. The number of benzene rings is 1. The van der Waals surface area contributed by atoms with Crippen LogP contribution in [0.15, 0.2) is 30.3 Å². The Labute approximate surface area is 101 Å². The van der Waals surface area contributed by atoms with Gasteiger partial charge in [-0.05, 0) is 18.9 Å². The summed E-state index contributed by atoms with van der Waals surface area (Å²) in [6, 6.07) is 8.96. The fourth-order valence-electron chi connectivity index (χ4n) is 1.42. The molecule has 1 rings (SSSR count). The Morgan fingerprint density at radius 1 is 1.41 bits per heavy atom. The van der Waals surface area contributed by atoms with Crippen molar-refractivity contribution in [3.05, 3.63) is 35.9 Å². The number of hydrogen-bond donors (Lipinski definition) is 2. The zero-order chi connectivity index (χ0) is 12.7. The molecule has 0 aromatic heterocycles. The number of rotatable bonds is 7. The third kappa shape index (κ3) is 5.08. The van der Waals surface area contributed by atoms with E-state index in [1.54, 1.807) is 0 Å². The Balaban J connectivity index is 2.18. The molecule has 0 aliphatic heterocycles. The molecule has 1 aromatic carbocycles. The number of carbonyl (C=O) groups is 1. The smallest absolute Gasteiger partial charge is 0.149 e. The van der Waals surface area contributed by atoms with Crippen LogP contribution in [0, 0.1) is 0 Å². The first-order valence-corrected chi connectivity index (χ1v) is 5.67. The summed E-state index contributed by atoms with van der Waals surface area (Å²) in [5.74, 6) is -0.208. The summed E-state index contributed by atoms with van der Waals surface area (Å²) in [6.07, 6.45) is -0.462. The third-order valence-electron chi connectivity index (χ3n) is 2.55. The van der Waals surface area contributed by atoms with E-state index in [0.717, 1.165) is 5.56 Å². The van der Waals surface area contributed by atoms with Gasteiger partial charge in [-0.25, -0.2) is 0 Å². The van der Waals surface area contributed by atoms with Crippen molar-refractivity contribution in [2.75, 3.05) is 6.61 Å². The first-order valence-electron chi connectivity index (χ1n) is 5.67.